The third-order valence-electron chi connectivity index (χ3n) is 2.47. The number of phenols is 2. The monoisotopic (exact) mass is 274 g/mol. The first kappa shape index (κ1) is 17.7. The molecule has 0 aliphatic heterocycles. The molecule has 0 aliphatic carbocycles. The van der Waals surface area contributed by atoms with Crippen LogP contribution in [-0.4, -0.2) is 44.7 Å². The molecule has 0 radical (unpaired) electrons. The summed E-state index contributed by atoms with van der Waals surface area (Å²) >= 11 is 0. The zero-order chi connectivity index (χ0) is 15.1. The van der Waals surface area contributed by atoms with Gasteiger partial charge in [-0.15, -0.1) is 0 Å². The van der Waals surface area contributed by atoms with Gasteiger partial charge in [-0.2, -0.15) is 0 Å². The van der Waals surface area contributed by atoms with Crippen molar-refractivity contribution >= 4 is 0 Å². The number of aliphatic hydroxyl groups excluding tert-OH is 1. The van der Waals surface area contributed by atoms with E-state index < -0.39 is 11.4 Å². The van der Waals surface area contributed by atoms with Gasteiger partial charge in [0.15, 0.2) is 0 Å². The Morgan fingerprint density at radius 2 is 1.37 bits per heavy atom. The molecule has 0 amide bonds. The van der Waals surface area contributed by atoms with Crippen molar-refractivity contribution in [1.29, 1.82) is 0 Å². The van der Waals surface area contributed by atoms with Crippen LogP contribution in [0.3, 0.4) is 0 Å². The molecular formula is C13H22O6. The zero-order valence-corrected chi connectivity index (χ0v) is 11.4. The lowest BCUT2D eigenvalue weighted by atomic mass is 9.91. The lowest BCUT2D eigenvalue weighted by Crippen LogP contribution is -2.49. The van der Waals surface area contributed by atoms with Crippen LogP contribution in [0.5, 0.6) is 11.5 Å². The van der Waals surface area contributed by atoms with Crippen molar-refractivity contribution < 1.29 is 30.3 Å². The average Bonchev–Trinajstić information content (AvgIpc) is 2.33. The van der Waals surface area contributed by atoms with Crippen LogP contribution in [0, 0.1) is 5.41 Å². The second-order valence-electron chi connectivity index (χ2n) is 4.60. The van der Waals surface area contributed by atoms with Gasteiger partial charge in [-0.1, -0.05) is 0 Å². The van der Waals surface area contributed by atoms with Crippen LogP contribution in [0.4, 0.5) is 0 Å². The molecular weight excluding hydrogens is 252 g/mol. The van der Waals surface area contributed by atoms with Crippen LogP contribution in [-0.2, 0) is 4.74 Å². The van der Waals surface area contributed by atoms with Crippen LogP contribution in [0.1, 0.15) is 20.8 Å². The van der Waals surface area contributed by atoms with Gasteiger partial charge in [-0.3, -0.25) is 0 Å². The highest BCUT2D eigenvalue weighted by atomic mass is 16.8. The second kappa shape index (κ2) is 7.30. The molecule has 0 saturated heterocycles. The SMILES string of the molecule is CCOC(O)(O)C(C)(C)CO.Oc1ccc(O)cc1. The van der Waals surface area contributed by atoms with Crippen LogP contribution in [0.15, 0.2) is 24.3 Å². The second-order valence-corrected chi connectivity index (χ2v) is 4.60. The van der Waals surface area contributed by atoms with Gasteiger partial charge in [0.2, 0.25) is 0 Å². The summed E-state index contributed by atoms with van der Waals surface area (Å²) in [5, 5.41) is 44.5. The molecule has 0 aliphatic rings. The number of ether oxygens (including phenoxy) is 1. The van der Waals surface area contributed by atoms with E-state index in [2.05, 4.69) is 4.74 Å². The van der Waals surface area contributed by atoms with Crippen LogP contribution in [0.25, 0.3) is 0 Å². The predicted octanol–water partition coefficient (Wildman–Crippen LogP) is 0.778. The number of rotatable bonds is 4. The maximum Gasteiger partial charge on any atom is 0.285 e. The molecule has 0 fully saturated rings. The summed E-state index contributed by atoms with van der Waals surface area (Å²) in [5.74, 6) is -1.91. The molecule has 1 aromatic rings. The summed E-state index contributed by atoms with van der Waals surface area (Å²) < 4.78 is 4.64. The molecule has 5 N–H and O–H groups in total. The number of aromatic hydroxyl groups is 2. The van der Waals surface area contributed by atoms with Crippen LogP contribution in [0.2, 0.25) is 0 Å². The lowest BCUT2D eigenvalue weighted by Gasteiger charge is -2.35. The number of hydrogen-bond donors (Lipinski definition) is 5. The molecule has 1 aromatic carbocycles. The molecule has 19 heavy (non-hydrogen) atoms. The lowest BCUT2D eigenvalue weighted by molar-refractivity contribution is -0.391. The van der Waals surface area contributed by atoms with Gasteiger partial charge in [-0.05, 0) is 45.0 Å². The quantitative estimate of drug-likeness (QED) is 0.410. The molecule has 6 heteroatoms. The van der Waals surface area contributed by atoms with E-state index in [9.17, 15) is 10.2 Å². The van der Waals surface area contributed by atoms with E-state index in [1.807, 2.05) is 0 Å². The van der Waals surface area contributed by atoms with E-state index in [1.54, 1.807) is 6.92 Å². The van der Waals surface area contributed by atoms with Gasteiger partial charge in [0.05, 0.1) is 12.0 Å². The van der Waals surface area contributed by atoms with E-state index in [4.69, 9.17) is 15.3 Å². The Labute approximate surface area is 112 Å². The Hall–Kier alpha value is -1.34. The van der Waals surface area contributed by atoms with Gasteiger partial charge < -0.3 is 30.3 Å². The minimum atomic E-state index is -2.25. The highest BCUT2D eigenvalue weighted by Gasteiger charge is 2.42. The maximum absolute atomic E-state index is 9.22. The summed E-state index contributed by atoms with van der Waals surface area (Å²) in [7, 11) is 0. The molecule has 0 spiro atoms. The summed E-state index contributed by atoms with van der Waals surface area (Å²) in [5.41, 5.74) is -1.07. The molecule has 110 valence electrons. The molecule has 0 unspecified atom stereocenters. The van der Waals surface area contributed by atoms with Crippen molar-refractivity contribution in [2.75, 3.05) is 13.2 Å². The first-order valence-corrected chi connectivity index (χ1v) is 5.84. The van der Waals surface area contributed by atoms with Gasteiger partial charge in [-0.25, -0.2) is 0 Å². The highest BCUT2D eigenvalue weighted by Crippen LogP contribution is 2.28. The standard InChI is InChI=1S/C7H16O4.C6H6O2/c1-4-11-7(9,10)6(2,3)5-8;7-5-1-2-6(8)4-3-5/h8-10H,4-5H2,1-3H3;1-4,7-8H. The Morgan fingerprint density at radius 3 is 1.63 bits per heavy atom. The minimum absolute atomic E-state index is 0.169. The topological polar surface area (TPSA) is 110 Å². The summed E-state index contributed by atoms with van der Waals surface area (Å²) in [6.45, 7) is 4.50. The van der Waals surface area contributed by atoms with E-state index in [0.29, 0.717) is 0 Å². The van der Waals surface area contributed by atoms with Crippen molar-refractivity contribution in [1.82, 2.24) is 0 Å². The molecule has 1 rings (SSSR count). The van der Waals surface area contributed by atoms with Crippen molar-refractivity contribution in [3.05, 3.63) is 24.3 Å². The van der Waals surface area contributed by atoms with Crippen LogP contribution >= 0.6 is 0 Å². The van der Waals surface area contributed by atoms with E-state index in [-0.39, 0.29) is 24.7 Å². The first-order chi connectivity index (χ1) is 8.66. The van der Waals surface area contributed by atoms with E-state index in [0.717, 1.165) is 0 Å². The number of hydrogen-bond acceptors (Lipinski definition) is 6. The molecule has 0 bridgehead atoms. The normalized spacial score (nSPS) is 11.7. The fourth-order valence-electron chi connectivity index (χ4n) is 0.952. The van der Waals surface area contributed by atoms with Crippen LogP contribution < -0.4 is 0 Å². The molecule has 0 aromatic heterocycles. The summed E-state index contributed by atoms with van der Waals surface area (Å²) in [6.07, 6.45) is 0. The van der Waals surface area contributed by atoms with Crippen molar-refractivity contribution in [3.8, 4) is 11.5 Å². The van der Waals surface area contributed by atoms with Gasteiger partial charge in [0.1, 0.15) is 11.5 Å². The highest BCUT2D eigenvalue weighted by molar-refractivity contribution is 5.28. The fraction of sp³-hybridized carbons (Fsp3) is 0.538. The molecule has 0 saturated carbocycles. The van der Waals surface area contributed by atoms with Crippen molar-refractivity contribution in [2.24, 2.45) is 5.41 Å². The molecule has 0 heterocycles. The van der Waals surface area contributed by atoms with Gasteiger partial charge >= 0.3 is 0 Å². The smallest absolute Gasteiger partial charge is 0.285 e. The maximum atomic E-state index is 9.22. The Balaban J connectivity index is 0.000000356. The Kier molecular flexibility index (Phi) is 6.78. The number of phenolic OH excluding ortho intramolecular Hbond substituents is 2. The third kappa shape index (κ3) is 5.89. The summed E-state index contributed by atoms with van der Waals surface area (Å²) in [4.78, 5) is 0. The predicted molar refractivity (Wildman–Crippen MR) is 69.4 cm³/mol. The minimum Gasteiger partial charge on any atom is -0.508 e. The van der Waals surface area contributed by atoms with Gasteiger partial charge in [0.25, 0.3) is 5.97 Å². The Bertz CT molecular complexity index is 337. The average molecular weight is 274 g/mol. The first-order valence-electron chi connectivity index (χ1n) is 5.84. The zero-order valence-electron chi connectivity index (χ0n) is 11.4. The van der Waals surface area contributed by atoms with E-state index >= 15 is 0 Å². The van der Waals surface area contributed by atoms with Crippen molar-refractivity contribution in [2.45, 2.75) is 26.7 Å². The summed E-state index contributed by atoms with van der Waals surface area (Å²) in [6, 6.07) is 5.70. The molecule has 6 nitrogen and oxygen atoms in total. The van der Waals surface area contributed by atoms with Gasteiger partial charge in [0, 0.05) is 6.61 Å². The fourth-order valence-corrected chi connectivity index (χ4v) is 0.952. The Morgan fingerprint density at radius 1 is 1.00 bits per heavy atom. The largest absolute Gasteiger partial charge is 0.508 e. The number of aliphatic hydroxyl groups is 3. The molecule has 0 atom stereocenters. The van der Waals surface area contributed by atoms with Crippen molar-refractivity contribution in [3.63, 3.8) is 0 Å². The third-order valence-corrected chi connectivity index (χ3v) is 2.47. The van der Waals surface area contributed by atoms with E-state index in [1.165, 1.54) is 38.1 Å². The number of benzene rings is 1.